The Labute approximate surface area is 130 Å². The normalized spacial score (nSPS) is 21.5. The summed E-state index contributed by atoms with van der Waals surface area (Å²) in [6.07, 6.45) is 4.67. The van der Waals surface area contributed by atoms with Gasteiger partial charge in [0.1, 0.15) is 0 Å². The Bertz CT molecular complexity index is 646. The van der Waals surface area contributed by atoms with Gasteiger partial charge in [0.25, 0.3) is 0 Å². The van der Waals surface area contributed by atoms with Gasteiger partial charge in [-0.1, -0.05) is 12.1 Å². The lowest BCUT2D eigenvalue weighted by Gasteiger charge is -2.36. The van der Waals surface area contributed by atoms with Crippen molar-refractivity contribution in [3.63, 3.8) is 0 Å². The molecule has 2 N–H and O–H groups in total. The maximum absolute atomic E-state index is 12.3. The van der Waals surface area contributed by atoms with Gasteiger partial charge in [0.05, 0.1) is 17.6 Å². The molecule has 2 rings (SSSR count). The average Bonchev–Trinajstić information content (AvgIpc) is 2.53. The number of hydrogen-bond acceptors (Lipinski definition) is 3. The van der Waals surface area contributed by atoms with Crippen molar-refractivity contribution in [1.29, 1.82) is 5.26 Å². The predicted octanol–water partition coefficient (Wildman–Crippen LogP) is 1.68. The van der Waals surface area contributed by atoms with E-state index < -0.39 is 0 Å². The number of carbonyl (C=O) groups excluding carboxylic acids is 2. The van der Waals surface area contributed by atoms with Gasteiger partial charge in [0, 0.05) is 18.7 Å². The molecule has 0 spiro atoms. The number of nitrogens with zero attached hydrogens (tertiary/aromatic N) is 2. The van der Waals surface area contributed by atoms with Crippen LogP contribution in [0.5, 0.6) is 0 Å². The minimum absolute atomic E-state index is 0.0955. The Kier molecular flexibility index (Phi) is 4.95. The Morgan fingerprint density at radius 2 is 2.18 bits per heavy atom. The number of nitrogens with two attached hydrogens (primary N) is 1. The third-order valence-electron chi connectivity index (χ3n) is 4.00. The summed E-state index contributed by atoms with van der Waals surface area (Å²) in [5.74, 6) is -0.758. The molecule has 0 saturated carbocycles. The van der Waals surface area contributed by atoms with Crippen LogP contribution in [-0.4, -0.2) is 29.3 Å². The molecule has 22 heavy (non-hydrogen) atoms. The van der Waals surface area contributed by atoms with Gasteiger partial charge in [-0.2, -0.15) is 5.26 Å². The van der Waals surface area contributed by atoms with Crippen molar-refractivity contribution in [3.8, 4) is 6.07 Å². The molecule has 1 aliphatic heterocycles. The first-order valence-electron chi connectivity index (χ1n) is 7.29. The third-order valence-corrected chi connectivity index (χ3v) is 4.00. The highest BCUT2D eigenvalue weighted by Crippen LogP contribution is 2.22. The molecule has 114 valence electrons. The van der Waals surface area contributed by atoms with Gasteiger partial charge in [-0.05, 0) is 43.5 Å². The molecule has 1 fully saturated rings. The average molecular weight is 297 g/mol. The highest BCUT2D eigenvalue weighted by atomic mass is 16.2. The fraction of sp³-hybridized carbons (Fsp3) is 0.353. The predicted molar refractivity (Wildman–Crippen MR) is 83.3 cm³/mol. The van der Waals surface area contributed by atoms with E-state index in [0.717, 1.165) is 18.4 Å². The standard InChI is InChI=1S/C17H19N3O2/c1-12-5-7-15(17(19)22)11-20(12)16(21)8-6-13-3-2-4-14(9-13)10-18/h2-4,6,8-9,12,15H,5,7,11H2,1H3,(H2,19,22)/b8-6+. The molecular weight excluding hydrogens is 278 g/mol. The first-order chi connectivity index (χ1) is 10.5. The number of nitriles is 1. The van der Waals surface area contributed by atoms with Gasteiger partial charge < -0.3 is 10.6 Å². The minimum Gasteiger partial charge on any atom is -0.369 e. The van der Waals surface area contributed by atoms with Gasteiger partial charge in [0.2, 0.25) is 11.8 Å². The van der Waals surface area contributed by atoms with Crippen molar-refractivity contribution in [3.05, 3.63) is 41.5 Å². The van der Waals surface area contributed by atoms with E-state index in [9.17, 15) is 9.59 Å². The molecule has 1 saturated heterocycles. The zero-order valence-corrected chi connectivity index (χ0v) is 12.5. The first kappa shape index (κ1) is 15.8. The summed E-state index contributed by atoms with van der Waals surface area (Å²) in [4.78, 5) is 25.3. The molecule has 0 radical (unpaired) electrons. The van der Waals surface area contributed by atoms with Gasteiger partial charge >= 0.3 is 0 Å². The van der Waals surface area contributed by atoms with E-state index in [4.69, 9.17) is 11.0 Å². The van der Waals surface area contributed by atoms with E-state index in [1.54, 1.807) is 29.2 Å². The van der Waals surface area contributed by atoms with Crippen molar-refractivity contribution in [2.24, 2.45) is 11.7 Å². The van der Waals surface area contributed by atoms with E-state index in [2.05, 4.69) is 6.07 Å². The molecule has 0 aromatic heterocycles. The number of hydrogen-bond donors (Lipinski definition) is 1. The van der Waals surface area contributed by atoms with E-state index in [1.165, 1.54) is 6.08 Å². The van der Waals surface area contributed by atoms with Crippen LogP contribution in [0.2, 0.25) is 0 Å². The summed E-state index contributed by atoms with van der Waals surface area (Å²) >= 11 is 0. The van der Waals surface area contributed by atoms with Gasteiger partial charge in [0.15, 0.2) is 0 Å². The fourth-order valence-electron chi connectivity index (χ4n) is 2.62. The molecule has 2 atom stereocenters. The first-order valence-corrected chi connectivity index (χ1v) is 7.29. The van der Waals surface area contributed by atoms with E-state index in [0.29, 0.717) is 12.1 Å². The Balaban J connectivity index is 2.08. The molecule has 0 bridgehead atoms. The Hall–Kier alpha value is -2.61. The van der Waals surface area contributed by atoms with Crippen LogP contribution in [0, 0.1) is 17.2 Å². The molecule has 5 nitrogen and oxygen atoms in total. The monoisotopic (exact) mass is 297 g/mol. The second-order valence-electron chi connectivity index (χ2n) is 5.59. The molecule has 1 aromatic carbocycles. The van der Waals surface area contributed by atoms with Crippen molar-refractivity contribution < 1.29 is 9.59 Å². The summed E-state index contributed by atoms with van der Waals surface area (Å²) in [5, 5.41) is 8.87. The van der Waals surface area contributed by atoms with Crippen molar-refractivity contribution in [1.82, 2.24) is 4.90 Å². The topological polar surface area (TPSA) is 87.2 Å². The van der Waals surface area contributed by atoms with Crippen molar-refractivity contribution in [2.75, 3.05) is 6.54 Å². The van der Waals surface area contributed by atoms with E-state index >= 15 is 0 Å². The Morgan fingerprint density at radius 3 is 2.86 bits per heavy atom. The van der Waals surface area contributed by atoms with Crippen LogP contribution in [0.25, 0.3) is 6.08 Å². The fourth-order valence-corrected chi connectivity index (χ4v) is 2.62. The van der Waals surface area contributed by atoms with E-state index in [1.807, 2.05) is 13.0 Å². The van der Waals surface area contributed by atoms with Gasteiger partial charge in [-0.3, -0.25) is 9.59 Å². The van der Waals surface area contributed by atoms with Crippen LogP contribution >= 0.6 is 0 Å². The number of carbonyl (C=O) groups is 2. The van der Waals surface area contributed by atoms with Crippen LogP contribution < -0.4 is 5.73 Å². The molecule has 2 amide bonds. The lowest BCUT2D eigenvalue weighted by molar-refractivity contribution is -0.133. The summed E-state index contributed by atoms with van der Waals surface area (Å²) in [5.41, 5.74) is 6.69. The molecule has 1 aliphatic rings. The molecule has 1 aromatic rings. The van der Waals surface area contributed by atoms with Crippen LogP contribution in [0.3, 0.4) is 0 Å². The summed E-state index contributed by atoms with van der Waals surface area (Å²) in [6.45, 7) is 2.34. The highest BCUT2D eigenvalue weighted by Gasteiger charge is 2.30. The Morgan fingerprint density at radius 1 is 1.41 bits per heavy atom. The van der Waals surface area contributed by atoms with Gasteiger partial charge in [-0.15, -0.1) is 0 Å². The highest BCUT2D eigenvalue weighted by molar-refractivity contribution is 5.92. The molecule has 2 unspecified atom stereocenters. The number of primary amides is 1. The van der Waals surface area contributed by atoms with Crippen LogP contribution in [0.1, 0.15) is 30.9 Å². The number of likely N-dealkylation sites (tertiary alicyclic amines) is 1. The maximum Gasteiger partial charge on any atom is 0.246 e. The van der Waals surface area contributed by atoms with Crippen molar-refractivity contribution in [2.45, 2.75) is 25.8 Å². The van der Waals surface area contributed by atoms with Crippen molar-refractivity contribution >= 4 is 17.9 Å². The zero-order valence-electron chi connectivity index (χ0n) is 12.5. The molecular formula is C17H19N3O2. The SMILES string of the molecule is CC1CCC(C(N)=O)CN1C(=O)/C=C/c1cccc(C#N)c1. The summed E-state index contributed by atoms with van der Waals surface area (Å²) in [7, 11) is 0. The number of rotatable bonds is 3. The zero-order chi connectivity index (χ0) is 16.1. The second-order valence-corrected chi connectivity index (χ2v) is 5.59. The minimum atomic E-state index is -0.351. The maximum atomic E-state index is 12.3. The molecule has 1 heterocycles. The van der Waals surface area contributed by atoms with Crippen LogP contribution in [0.4, 0.5) is 0 Å². The molecule has 5 heteroatoms. The largest absolute Gasteiger partial charge is 0.369 e. The quantitative estimate of drug-likeness (QED) is 0.861. The van der Waals surface area contributed by atoms with Crippen LogP contribution in [0.15, 0.2) is 30.3 Å². The summed E-state index contributed by atoms with van der Waals surface area (Å²) in [6, 6.07) is 9.19. The number of amides is 2. The van der Waals surface area contributed by atoms with Gasteiger partial charge in [-0.25, -0.2) is 0 Å². The number of benzene rings is 1. The summed E-state index contributed by atoms with van der Waals surface area (Å²) < 4.78 is 0. The number of piperidine rings is 1. The van der Waals surface area contributed by atoms with Crippen LogP contribution in [-0.2, 0) is 9.59 Å². The lowest BCUT2D eigenvalue weighted by Crippen LogP contribution is -2.48. The lowest BCUT2D eigenvalue weighted by atomic mass is 9.93. The smallest absolute Gasteiger partial charge is 0.246 e. The second kappa shape index (κ2) is 6.90. The van der Waals surface area contributed by atoms with E-state index in [-0.39, 0.29) is 23.8 Å². The third kappa shape index (κ3) is 3.73. The molecule has 0 aliphatic carbocycles.